The van der Waals surface area contributed by atoms with Crippen LogP contribution in [-0.2, 0) is 0 Å². The number of pyridine rings is 1. The zero-order valence-electron chi connectivity index (χ0n) is 15.7. The van der Waals surface area contributed by atoms with Gasteiger partial charge < -0.3 is 9.47 Å². The highest BCUT2D eigenvalue weighted by Gasteiger charge is 2.40. The fourth-order valence-corrected chi connectivity index (χ4v) is 3.86. The molecule has 0 saturated carbocycles. The van der Waals surface area contributed by atoms with Gasteiger partial charge in [-0.3, -0.25) is 4.98 Å². The number of ether oxygens (including phenoxy) is 2. The lowest BCUT2D eigenvalue weighted by molar-refractivity contribution is -0.0192. The number of hydrogen-bond donors (Lipinski definition) is 0. The number of benzene rings is 2. The van der Waals surface area contributed by atoms with E-state index in [1.165, 1.54) is 5.56 Å². The Balaban J connectivity index is 1.53. The van der Waals surface area contributed by atoms with Gasteiger partial charge in [0.15, 0.2) is 0 Å². The molecular formula is C23H21N3O2. The summed E-state index contributed by atoms with van der Waals surface area (Å²) in [6.45, 7) is 2.65. The van der Waals surface area contributed by atoms with Crippen LogP contribution in [-0.4, -0.2) is 22.3 Å². The largest absolute Gasteiger partial charge is 0.494 e. The van der Waals surface area contributed by atoms with Crippen LogP contribution in [0.1, 0.15) is 42.3 Å². The van der Waals surface area contributed by atoms with E-state index in [1.54, 1.807) is 6.20 Å². The van der Waals surface area contributed by atoms with Crippen LogP contribution in [0.3, 0.4) is 0 Å². The fourth-order valence-electron chi connectivity index (χ4n) is 3.86. The summed E-state index contributed by atoms with van der Waals surface area (Å²) in [6.07, 6.45) is 4.18. The maximum atomic E-state index is 6.33. The van der Waals surface area contributed by atoms with Gasteiger partial charge in [-0.15, -0.1) is 0 Å². The quantitative estimate of drug-likeness (QED) is 0.666. The third kappa shape index (κ3) is 2.89. The third-order valence-corrected chi connectivity index (χ3v) is 5.17. The summed E-state index contributed by atoms with van der Waals surface area (Å²) in [7, 11) is 0. The molecule has 0 spiro atoms. The first kappa shape index (κ1) is 16.8. The van der Waals surface area contributed by atoms with Crippen LogP contribution in [0, 0.1) is 0 Å². The van der Waals surface area contributed by atoms with Crippen molar-refractivity contribution in [3.63, 3.8) is 0 Å². The Hall–Kier alpha value is -3.34. The van der Waals surface area contributed by atoms with E-state index in [0.717, 1.165) is 34.8 Å². The second kappa shape index (κ2) is 7.00. The molecule has 2 aliphatic rings. The molecule has 1 aromatic heterocycles. The van der Waals surface area contributed by atoms with E-state index >= 15 is 0 Å². The molecule has 0 amide bonds. The van der Waals surface area contributed by atoms with E-state index in [-0.39, 0.29) is 12.3 Å². The maximum absolute atomic E-state index is 6.33. The Morgan fingerprint density at radius 2 is 1.93 bits per heavy atom. The van der Waals surface area contributed by atoms with Crippen LogP contribution in [0.5, 0.6) is 11.5 Å². The molecule has 0 saturated heterocycles. The van der Waals surface area contributed by atoms with E-state index < -0.39 is 0 Å². The van der Waals surface area contributed by atoms with Gasteiger partial charge in [-0.2, -0.15) is 5.10 Å². The summed E-state index contributed by atoms with van der Waals surface area (Å²) in [5.74, 6) is 1.80. The van der Waals surface area contributed by atoms with Gasteiger partial charge in [0.05, 0.1) is 18.4 Å². The van der Waals surface area contributed by atoms with Crippen molar-refractivity contribution < 1.29 is 9.47 Å². The standard InChI is InChI=1S/C23H21N3O2/c1-2-27-18-11-9-16(10-12-18)20-14-21-19-7-3-4-8-22(19)28-23(26(21)25-20)17-6-5-13-24-15-17/h3-13,15,21,23H,2,14H2,1H3/t21-,23+/m1/s1. The first-order chi connectivity index (χ1) is 13.8. The highest BCUT2D eigenvalue weighted by atomic mass is 16.5. The van der Waals surface area contributed by atoms with Gasteiger partial charge in [-0.1, -0.05) is 24.3 Å². The van der Waals surface area contributed by atoms with Crippen LogP contribution in [0.4, 0.5) is 0 Å². The molecular weight excluding hydrogens is 350 g/mol. The topological polar surface area (TPSA) is 47.0 Å². The first-order valence-electron chi connectivity index (χ1n) is 9.58. The predicted octanol–water partition coefficient (Wildman–Crippen LogP) is 4.72. The summed E-state index contributed by atoms with van der Waals surface area (Å²) < 4.78 is 11.9. The van der Waals surface area contributed by atoms with Crippen molar-refractivity contribution in [1.29, 1.82) is 0 Å². The molecule has 0 fully saturated rings. The smallest absolute Gasteiger partial charge is 0.215 e. The van der Waals surface area contributed by atoms with E-state index in [0.29, 0.717) is 6.61 Å². The Bertz CT molecular complexity index is 1000. The van der Waals surface area contributed by atoms with Crippen molar-refractivity contribution in [1.82, 2.24) is 9.99 Å². The van der Waals surface area contributed by atoms with Gasteiger partial charge >= 0.3 is 0 Å². The second-order valence-electron chi connectivity index (χ2n) is 6.90. The molecule has 2 aromatic carbocycles. The van der Waals surface area contributed by atoms with Crippen LogP contribution in [0.15, 0.2) is 78.2 Å². The van der Waals surface area contributed by atoms with Crippen molar-refractivity contribution in [2.75, 3.05) is 6.61 Å². The normalized spacial score (nSPS) is 20.0. The predicted molar refractivity (Wildman–Crippen MR) is 107 cm³/mol. The number of hydrogen-bond acceptors (Lipinski definition) is 5. The number of aromatic nitrogens is 1. The lowest BCUT2D eigenvalue weighted by Gasteiger charge is -2.38. The van der Waals surface area contributed by atoms with Crippen LogP contribution < -0.4 is 9.47 Å². The van der Waals surface area contributed by atoms with Crippen molar-refractivity contribution >= 4 is 5.71 Å². The number of nitrogens with zero attached hydrogens (tertiary/aromatic N) is 3. The van der Waals surface area contributed by atoms with Crippen molar-refractivity contribution in [3.05, 3.63) is 89.7 Å². The minimum absolute atomic E-state index is 0.150. The van der Waals surface area contributed by atoms with Crippen LogP contribution in [0.2, 0.25) is 0 Å². The molecule has 3 heterocycles. The van der Waals surface area contributed by atoms with Crippen LogP contribution >= 0.6 is 0 Å². The Kier molecular flexibility index (Phi) is 4.20. The Labute approximate surface area is 164 Å². The molecule has 5 nitrogen and oxygen atoms in total. The van der Waals surface area contributed by atoms with Crippen molar-refractivity contribution in [2.24, 2.45) is 5.10 Å². The zero-order chi connectivity index (χ0) is 18.9. The molecule has 5 heteroatoms. The zero-order valence-corrected chi connectivity index (χ0v) is 15.7. The molecule has 2 aliphatic heterocycles. The Morgan fingerprint density at radius 3 is 2.71 bits per heavy atom. The minimum Gasteiger partial charge on any atom is -0.494 e. The highest BCUT2D eigenvalue weighted by Crippen LogP contribution is 2.47. The van der Waals surface area contributed by atoms with E-state index in [4.69, 9.17) is 14.6 Å². The Morgan fingerprint density at radius 1 is 1.07 bits per heavy atom. The van der Waals surface area contributed by atoms with E-state index in [1.807, 2.05) is 49.5 Å². The van der Waals surface area contributed by atoms with Gasteiger partial charge in [-0.25, -0.2) is 5.01 Å². The summed E-state index contributed by atoms with van der Waals surface area (Å²) in [4.78, 5) is 4.27. The molecule has 0 bridgehead atoms. The highest BCUT2D eigenvalue weighted by molar-refractivity contribution is 6.02. The lowest BCUT2D eigenvalue weighted by Crippen LogP contribution is -2.33. The first-order valence-corrected chi connectivity index (χ1v) is 9.58. The molecule has 0 aliphatic carbocycles. The summed E-state index contributed by atoms with van der Waals surface area (Å²) in [6, 6.07) is 20.5. The van der Waals surface area contributed by atoms with Gasteiger partial charge in [0.25, 0.3) is 0 Å². The molecule has 0 unspecified atom stereocenters. The fraction of sp³-hybridized carbons (Fsp3) is 0.217. The van der Waals surface area contributed by atoms with Crippen molar-refractivity contribution in [2.45, 2.75) is 25.6 Å². The monoisotopic (exact) mass is 371 g/mol. The minimum atomic E-state index is -0.284. The van der Waals surface area contributed by atoms with Crippen LogP contribution in [0.25, 0.3) is 0 Å². The van der Waals surface area contributed by atoms with Gasteiger partial charge in [0.1, 0.15) is 11.5 Å². The van der Waals surface area contributed by atoms with Gasteiger partial charge in [0, 0.05) is 29.9 Å². The number of rotatable bonds is 4. The molecule has 5 rings (SSSR count). The molecule has 0 N–H and O–H groups in total. The van der Waals surface area contributed by atoms with Crippen molar-refractivity contribution in [3.8, 4) is 11.5 Å². The summed E-state index contributed by atoms with van der Waals surface area (Å²) in [5, 5.41) is 7.04. The maximum Gasteiger partial charge on any atom is 0.215 e. The van der Waals surface area contributed by atoms with Gasteiger partial charge in [0.2, 0.25) is 6.23 Å². The average Bonchev–Trinajstić information content (AvgIpc) is 3.20. The molecule has 28 heavy (non-hydrogen) atoms. The lowest BCUT2D eigenvalue weighted by atomic mass is 9.96. The van der Waals surface area contributed by atoms with E-state index in [9.17, 15) is 0 Å². The number of fused-ring (bicyclic) bond motifs is 3. The molecule has 140 valence electrons. The van der Waals surface area contributed by atoms with E-state index in [2.05, 4.69) is 34.3 Å². The second-order valence-corrected chi connectivity index (χ2v) is 6.90. The molecule has 2 atom stereocenters. The van der Waals surface area contributed by atoms with Gasteiger partial charge in [-0.05, 0) is 48.9 Å². The third-order valence-electron chi connectivity index (χ3n) is 5.17. The number of para-hydroxylation sites is 1. The SMILES string of the molecule is CCOc1ccc(C2=NN3[C@H](C2)c2ccccc2O[C@H]3c2cccnc2)cc1. The average molecular weight is 371 g/mol. The summed E-state index contributed by atoms with van der Waals surface area (Å²) in [5.41, 5.74) is 4.34. The molecule has 3 aromatic rings. The number of hydrazone groups is 1. The molecule has 0 radical (unpaired) electrons. The summed E-state index contributed by atoms with van der Waals surface area (Å²) >= 11 is 0.